The molecule has 1 heterocycles. The van der Waals surface area contributed by atoms with E-state index in [9.17, 15) is 18.0 Å². The molecule has 0 aliphatic heterocycles. The van der Waals surface area contributed by atoms with Crippen molar-refractivity contribution in [3.63, 3.8) is 0 Å². The molecule has 1 aromatic heterocycles. The van der Waals surface area contributed by atoms with Crippen molar-refractivity contribution in [2.45, 2.75) is 6.36 Å². The number of hydrogen-bond donors (Lipinski definition) is 0. The van der Waals surface area contributed by atoms with Gasteiger partial charge in [-0.3, -0.25) is 0 Å². The minimum absolute atomic E-state index is 0.0174. The molecule has 0 N–H and O–H groups in total. The number of esters is 1. The fraction of sp³-hybridized carbons (Fsp3) is 0.143. The van der Waals surface area contributed by atoms with Gasteiger partial charge in [-0.05, 0) is 23.8 Å². The monoisotopic (exact) mass is 331 g/mol. The number of carbonyl (C=O) groups is 1. The second-order valence-corrected chi connectivity index (χ2v) is 4.49. The van der Waals surface area contributed by atoms with E-state index < -0.39 is 12.3 Å². The largest absolute Gasteiger partial charge is 0.573 e. The van der Waals surface area contributed by atoms with Crippen LogP contribution in [0.5, 0.6) is 5.75 Å². The zero-order valence-corrected chi connectivity index (χ0v) is 11.9. The van der Waals surface area contributed by atoms with Crippen LogP contribution in [-0.4, -0.2) is 24.4 Å². The molecule has 0 atom stereocenters. The number of benzene rings is 1. The molecule has 0 fully saturated rings. The van der Waals surface area contributed by atoms with Crippen molar-refractivity contribution in [2.24, 2.45) is 0 Å². The van der Waals surface area contributed by atoms with Gasteiger partial charge in [0.25, 0.3) is 0 Å². The van der Waals surface area contributed by atoms with Crippen LogP contribution in [0.15, 0.2) is 36.5 Å². The quantitative estimate of drug-likeness (QED) is 0.628. The van der Waals surface area contributed by atoms with Crippen LogP contribution >= 0.6 is 11.6 Å². The van der Waals surface area contributed by atoms with Gasteiger partial charge in [-0.15, -0.1) is 13.2 Å². The molecule has 0 unspecified atom stereocenters. The SMILES string of the molecule is COC(=O)c1cc(-c2cccc(OC(F)(F)F)c2)cnc1Cl. The first-order valence-electron chi connectivity index (χ1n) is 5.90. The molecule has 116 valence electrons. The molecule has 0 spiro atoms. The molecule has 2 rings (SSSR count). The fourth-order valence-corrected chi connectivity index (χ4v) is 1.91. The number of hydrogen-bond acceptors (Lipinski definition) is 4. The molecule has 4 nitrogen and oxygen atoms in total. The summed E-state index contributed by atoms with van der Waals surface area (Å²) >= 11 is 5.79. The fourth-order valence-electron chi connectivity index (χ4n) is 1.73. The molecule has 8 heteroatoms. The van der Waals surface area contributed by atoms with Gasteiger partial charge in [0.15, 0.2) is 0 Å². The van der Waals surface area contributed by atoms with E-state index in [0.29, 0.717) is 11.1 Å². The number of ether oxygens (including phenoxy) is 2. The number of methoxy groups -OCH3 is 1. The first kappa shape index (κ1) is 16.1. The predicted molar refractivity (Wildman–Crippen MR) is 72.7 cm³/mol. The van der Waals surface area contributed by atoms with Crippen molar-refractivity contribution in [1.29, 1.82) is 0 Å². The zero-order valence-electron chi connectivity index (χ0n) is 11.1. The Kier molecular flexibility index (Phi) is 4.56. The number of rotatable bonds is 3. The second-order valence-electron chi connectivity index (χ2n) is 4.13. The van der Waals surface area contributed by atoms with Crippen LogP contribution in [0.25, 0.3) is 11.1 Å². The van der Waals surface area contributed by atoms with Crippen molar-refractivity contribution in [3.05, 3.63) is 47.2 Å². The van der Waals surface area contributed by atoms with Gasteiger partial charge in [0.1, 0.15) is 10.9 Å². The summed E-state index contributed by atoms with van der Waals surface area (Å²) < 4.78 is 45.1. The average Bonchev–Trinajstić information content (AvgIpc) is 2.45. The van der Waals surface area contributed by atoms with Crippen LogP contribution in [0, 0.1) is 0 Å². The maximum absolute atomic E-state index is 12.2. The zero-order chi connectivity index (χ0) is 16.3. The first-order valence-corrected chi connectivity index (χ1v) is 6.28. The lowest BCUT2D eigenvalue weighted by Crippen LogP contribution is -2.17. The number of pyridine rings is 1. The molecular weight excluding hydrogens is 323 g/mol. The highest BCUT2D eigenvalue weighted by Crippen LogP contribution is 2.29. The number of halogens is 4. The van der Waals surface area contributed by atoms with Gasteiger partial charge >= 0.3 is 12.3 Å². The van der Waals surface area contributed by atoms with Crippen molar-refractivity contribution in [2.75, 3.05) is 7.11 Å². The van der Waals surface area contributed by atoms with E-state index in [-0.39, 0.29) is 16.5 Å². The summed E-state index contributed by atoms with van der Waals surface area (Å²) in [7, 11) is 1.18. The minimum Gasteiger partial charge on any atom is -0.465 e. The third kappa shape index (κ3) is 3.88. The van der Waals surface area contributed by atoms with E-state index in [1.54, 1.807) is 6.07 Å². The molecule has 0 saturated heterocycles. The number of aromatic nitrogens is 1. The Labute approximate surface area is 128 Å². The van der Waals surface area contributed by atoms with Gasteiger partial charge in [-0.25, -0.2) is 9.78 Å². The maximum atomic E-state index is 12.2. The summed E-state index contributed by atoms with van der Waals surface area (Å²) in [6.07, 6.45) is -3.45. The van der Waals surface area contributed by atoms with Gasteiger partial charge in [0.05, 0.1) is 12.7 Å². The number of carbonyl (C=O) groups excluding carboxylic acids is 1. The highest BCUT2D eigenvalue weighted by atomic mass is 35.5. The van der Waals surface area contributed by atoms with E-state index in [4.69, 9.17) is 11.6 Å². The van der Waals surface area contributed by atoms with Gasteiger partial charge in [0, 0.05) is 11.8 Å². The third-order valence-electron chi connectivity index (χ3n) is 2.65. The molecular formula is C14H9ClF3NO3. The van der Waals surface area contributed by atoms with Crippen LogP contribution < -0.4 is 4.74 Å². The highest BCUT2D eigenvalue weighted by Gasteiger charge is 2.31. The van der Waals surface area contributed by atoms with E-state index in [2.05, 4.69) is 14.5 Å². The second kappa shape index (κ2) is 6.23. The first-order chi connectivity index (χ1) is 10.3. The lowest BCUT2D eigenvalue weighted by atomic mass is 10.1. The van der Waals surface area contributed by atoms with E-state index >= 15 is 0 Å². The summed E-state index contributed by atoms with van der Waals surface area (Å²) in [4.78, 5) is 15.4. The van der Waals surface area contributed by atoms with E-state index in [1.807, 2.05) is 0 Å². The van der Waals surface area contributed by atoms with Crippen molar-refractivity contribution in [3.8, 4) is 16.9 Å². The van der Waals surface area contributed by atoms with Gasteiger partial charge < -0.3 is 9.47 Å². The van der Waals surface area contributed by atoms with Crippen LogP contribution in [0.4, 0.5) is 13.2 Å². The minimum atomic E-state index is -4.78. The summed E-state index contributed by atoms with van der Waals surface area (Å²) in [5.41, 5.74) is 0.803. The maximum Gasteiger partial charge on any atom is 0.573 e. The Morgan fingerprint density at radius 2 is 1.95 bits per heavy atom. The average molecular weight is 332 g/mol. The number of nitrogens with zero attached hydrogens (tertiary/aromatic N) is 1. The molecule has 0 aliphatic rings. The normalized spacial score (nSPS) is 11.1. The van der Waals surface area contributed by atoms with Gasteiger partial charge in [-0.2, -0.15) is 0 Å². The van der Waals surface area contributed by atoms with Crippen LogP contribution in [-0.2, 0) is 4.74 Å². The Morgan fingerprint density at radius 3 is 2.59 bits per heavy atom. The Bertz CT molecular complexity index is 704. The summed E-state index contributed by atoms with van der Waals surface area (Å²) in [6, 6.07) is 6.67. The summed E-state index contributed by atoms with van der Waals surface area (Å²) in [5.74, 6) is -1.07. The molecule has 22 heavy (non-hydrogen) atoms. The van der Waals surface area contributed by atoms with Crippen LogP contribution in [0.3, 0.4) is 0 Å². The van der Waals surface area contributed by atoms with Gasteiger partial charge in [-0.1, -0.05) is 23.7 Å². The van der Waals surface area contributed by atoms with E-state index in [0.717, 1.165) is 0 Å². The van der Waals surface area contributed by atoms with Crippen molar-refractivity contribution < 1.29 is 27.4 Å². The Morgan fingerprint density at radius 1 is 1.23 bits per heavy atom. The molecule has 0 amide bonds. The standard InChI is InChI=1S/C14H9ClF3NO3/c1-21-13(20)11-6-9(7-19-12(11)15)8-3-2-4-10(5-8)22-14(16,17)18/h2-7H,1H3. The predicted octanol–water partition coefficient (Wildman–Crippen LogP) is 4.09. The topological polar surface area (TPSA) is 48.4 Å². The highest BCUT2D eigenvalue weighted by molar-refractivity contribution is 6.32. The summed E-state index contributed by atoms with van der Waals surface area (Å²) in [6.45, 7) is 0. The lowest BCUT2D eigenvalue weighted by molar-refractivity contribution is -0.274. The van der Waals surface area contributed by atoms with Crippen molar-refractivity contribution in [1.82, 2.24) is 4.98 Å². The van der Waals surface area contributed by atoms with Gasteiger partial charge in [0.2, 0.25) is 0 Å². The third-order valence-corrected chi connectivity index (χ3v) is 2.95. The lowest BCUT2D eigenvalue weighted by Gasteiger charge is -2.10. The van der Waals surface area contributed by atoms with E-state index in [1.165, 1.54) is 37.6 Å². The molecule has 2 aromatic rings. The molecule has 1 aromatic carbocycles. The molecule has 0 saturated carbocycles. The molecule has 0 aliphatic carbocycles. The smallest absolute Gasteiger partial charge is 0.465 e. The molecule has 0 radical (unpaired) electrons. The molecule has 0 bridgehead atoms. The Hall–Kier alpha value is -2.28. The van der Waals surface area contributed by atoms with Crippen LogP contribution in [0.1, 0.15) is 10.4 Å². The van der Waals surface area contributed by atoms with Crippen LogP contribution in [0.2, 0.25) is 5.15 Å². The number of alkyl halides is 3. The Balaban J connectivity index is 2.40. The van der Waals surface area contributed by atoms with Crippen molar-refractivity contribution >= 4 is 17.6 Å². The summed E-state index contributed by atoms with van der Waals surface area (Å²) in [5, 5.41) is -0.0571.